The molecule has 4 nitrogen and oxygen atoms in total. The highest BCUT2D eigenvalue weighted by Gasteiger charge is 2.30. The van der Waals surface area contributed by atoms with Crippen molar-refractivity contribution < 1.29 is 13.6 Å². The van der Waals surface area contributed by atoms with Crippen LogP contribution in [0.25, 0.3) is 0 Å². The largest absolute Gasteiger partial charge is 0.407 e. The summed E-state index contributed by atoms with van der Waals surface area (Å²) in [6.45, 7) is 5.45. The minimum atomic E-state index is -3.12. The van der Waals surface area contributed by atoms with E-state index in [2.05, 4.69) is 6.58 Å². The van der Waals surface area contributed by atoms with Crippen LogP contribution in [0.5, 0.6) is 0 Å². The molecule has 0 saturated heterocycles. The van der Waals surface area contributed by atoms with Crippen molar-refractivity contribution in [3.63, 3.8) is 0 Å². The Bertz CT molecular complexity index is 244. The Kier molecular flexibility index (Phi) is 5.96. The molecule has 0 bridgehead atoms. The van der Waals surface area contributed by atoms with Crippen molar-refractivity contribution in [3.05, 3.63) is 24.8 Å². The summed E-state index contributed by atoms with van der Waals surface area (Å²) in [5.41, 5.74) is 0. The van der Waals surface area contributed by atoms with E-state index in [0.717, 1.165) is 0 Å². The van der Waals surface area contributed by atoms with E-state index in [0.29, 0.717) is 0 Å². The molecule has 0 spiro atoms. The van der Waals surface area contributed by atoms with Gasteiger partial charge < -0.3 is 0 Å². The molecule has 0 aliphatic rings. The molecule has 5 heteroatoms. The fourth-order valence-electron chi connectivity index (χ4n) is 0.919. The standard InChI is InChI=1S/C9H18NO3P/c1-6-7-8-9(2)10(3)14(11,12-4)13-5/h6-9H,1H2,2-5H3/b8-7-. The maximum Gasteiger partial charge on any atom is 0.407 e. The molecular formula is C9H18NO3P. The van der Waals surface area contributed by atoms with Crippen molar-refractivity contribution in [1.82, 2.24) is 4.67 Å². The molecule has 0 aromatic rings. The molecule has 0 heterocycles. The van der Waals surface area contributed by atoms with E-state index in [4.69, 9.17) is 9.05 Å². The van der Waals surface area contributed by atoms with Gasteiger partial charge in [0.25, 0.3) is 0 Å². The van der Waals surface area contributed by atoms with Gasteiger partial charge in [-0.05, 0) is 14.0 Å². The average molecular weight is 219 g/mol. The monoisotopic (exact) mass is 219 g/mol. The molecule has 0 aliphatic heterocycles. The van der Waals surface area contributed by atoms with Crippen LogP contribution in [0.15, 0.2) is 24.8 Å². The highest BCUT2D eigenvalue weighted by atomic mass is 31.2. The van der Waals surface area contributed by atoms with Crippen molar-refractivity contribution in [2.24, 2.45) is 0 Å². The first kappa shape index (κ1) is 13.6. The second-order valence-corrected chi connectivity index (χ2v) is 5.07. The molecule has 0 aromatic carbocycles. The molecule has 0 radical (unpaired) electrons. The summed E-state index contributed by atoms with van der Waals surface area (Å²) in [5.74, 6) is 0. The van der Waals surface area contributed by atoms with E-state index in [9.17, 15) is 4.57 Å². The van der Waals surface area contributed by atoms with Gasteiger partial charge in [-0.3, -0.25) is 9.05 Å². The predicted molar refractivity (Wildman–Crippen MR) is 58.2 cm³/mol. The van der Waals surface area contributed by atoms with Gasteiger partial charge in [-0.1, -0.05) is 24.8 Å². The summed E-state index contributed by atoms with van der Waals surface area (Å²) in [6.07, 6.45) is 5.31. The van der Waals surface area contributed by atoms with E-state index in [1.54, 1.807) is 23.9 Å². The summed E-state index contributed by atoms with van der Waals surface area (Å²) in [5, 5.41) is 0. The summed E-state index contributed by atoms with van der Waals surface area (Å²) < 4.78 is 23.1. The van der Waals surface area contributed by atoms with Gasteiger partial charge in [0, 0.05) is 20.3 Å². The quantitative estimate of drug-likeness (QED) is 0.508. The van der Waals surface area contributed by atoms with E-state index >= 15 is 0 Å². The summed E-state index contributed by atoms with van der Waals surface area (Å²) in [6, 6.07) is -0.0428. The van der Waals surface area contributed by atoms with Crippen LogP contribution in [0, 0.1) is 0 Å². The van der Waals surface area contributed by atoms with Crippen LogP contribution in [-0.4, -0.2) is 32.0 Å². The summed E-state index contributed by atoms with van der Waals surface area (Å²) in [7, 11) is 1.30. The van der Waals surface area contributed by atoms with E-state index in [1.165, 1.54) is 14.2 Å². The molecule has 0 N–H and O–H groups in total. The number of likely N-dealkylation sites (N-methyl/N-ethyl adjacent to an activating group) is 1. The van der Waals surface area contributed by atoms with Crippen LogP contribution in [0.3, 0.4) is 0 Å². The third-order valence-corrected chi connectivity index (χ3v) is 4.02. The zero-order valence-corrected chi connectivity index (χ0v) is 10.0. The number of hydrogen-bond acceptors (Lipinski definition) is 3. The summed E-state index contributed by atoms with van der Waals surface area (Å²) in [4.78, 5) is 0. The van der Waals surface area contributed by atoms with Crippen LogP contribution in [-0.2, 0) is 13.6 Å². The minimum absolute atomic E-state index is 0.0428. The Morgan fingerprint density at radius 1 is 1.43 bits per heavy atom. The van der Waals surface area contributed by atoms with Crippen molar-refractivity contribution in [3.8, 4) is 0 Å². The fourth-order valence-corrected chi connectivity index (χ4v) is 2.11. The Hall–Kier alpha value is -0.410. The first-order valence-electron chi connectivity index (χ1n) is 4.26. The SMILES string of the molecule is C=C/C=C\C(C)N(C)P(=O)(OC)OC. The van der Waals surface area contributed by atoms with Crippen molar-refractivity contribution in [2.45, 2.75) is 13.0 Å². The second kappa shape index (κ2) is 6.14. The zero-order chi connectivity index (χ0) is 11.2. The molecule has 0 aromatic heterocycles. The first-order valence-corrected chi connectivity index (χ1v) is 5.75. The molecule has 0 amide bonds. The topological polar surface area (TPSA) is 38.8 Å². The first-order chi connectivity index (χ1) is 6.51. The van der Waals surface area contributed by atoms with Gasteiger partial charge in [-0.2, -0.15) is 0 Å². The Labute approximate surface area is 85.8 Å². The number of hydrogen-bond donors (Lipinski definition) is 0. The number of nitrogens with zero attached hydrogens (tertiary/aromatic N) is 1. The molecule has 1 unspecified atom stereocenters. The molecule has 0 aliphatic carbocycles. The molecule has 82 valence electrons. The lowest BCUT2D eigenvalue weighted by Crippen LogP contribution is -2.25. The lowest BCUT2D eigenvalue weighted by atomic mass is 10.3. The van der Waals surface area contributed by atoms with Gasteiger partial charge in [-0.25, -0.2) is 9.24 Å². The Balaban J connectivity index is 4.58. The van der Waals surface area contributed by atoms with Gasteiger partial charge in [0.1, 0.15) is 0 Å². The van der Waals surface area contributed by atoms with E-state index < -0.39 is 7.75 Å². The fraction of sp³-hybridized carbons (Fsp3) is 0.556. The molecule has 1 atom stereocenters. The van der Waals surface area contributed by atoms with E-state index in [1.807, 2.05) is 13.0 Å². The van der Waals surface area contributed by atoms with Gasteiger partial charge in [0.15, 0.2) is 0 Å². The van der Waals surface area contributed by atoms with Crippen LogP contribution < -0.4 is 0 Å². The average Bonchev–Trinajstić information content (AvgIpc) is 2.23. The van der Waals surface area contributed by atoms with Crippen LogP contribution in [0.2, 0.25) is 0 Å². The maximum atomic E-state index is 11.9. The van der Waals surface area contributed by atoms with Crippen LogP contribution >= 0.6 is 7.75 Å². The third-order valence-electron chi connectivity index (χ3n) is 1.96. The van der Waals surface area contributed by atoms with E-state index in [-0.39, 0.29) is 6.04 Å². The molecule has 14 heavy (non-hydrogen) atoms. The van der Waals surface area contributed by atoms with Gasteiger partial charge in [0.2, 0.25) is 0 Å². The van der Waals surface area contributed by atoms with Crippen molar-refractivity contribution in [2.75, 3.05) is 21.3 Å². The summed E-state index contributed by atoms with van der Waals surface area (Å²) >= 11 is 0. The van der Waals surface area contributed by atoms with Crippen LogP contribution in [0.4, 0.5) is 0 Å². The zero-order valence-electron chi connectivity index (χ0n) is 9.14. The van der Waals surface area contributed by atoms with Crippen molar-refractivity contribution in [1.29, 1.82) is 0 Å². The second-order valence-electron chi connectivity index (χ2n) is 2.77. The highest BCUT2D eigenvalue weighted by Crippen LogP contribution is 2.50. The normalized spacial score (nSPS) is 14.9. The lowest BCUT2D eigenvalue weighted by molar-refractivity contribution is 0.212. The molecule has 0 rings (SSSR count). The minimum Gasteiger partial charge on any atom is -0.300 e. The Morgan fingerprint density at radius 3 is 2.29 bits per heavy atom. The van der Waals surface area contributed by atoms with Crippen molar-refractivity contribution >= 4 is 7.75 Å². The Morgan fingerprint density at radius 2 is 1.93 bits per heavy atom. The predicted octanol–water partition coefficient (Wildman–Crippen LogP) is 2.45. The van der Waals surface area contributed by atoms with Gasteiger partial charge in [-0.15, -0.1) is 0 Å². The maximum absolute atomic E-state index is 11.9. The number of allylic oxidation sites excluding steroid dienone is 2. The van der Waals surface area contributed by atoms with Crippen LogP contribution in [0.1, 0.15) is 6.92 Å². The molecule has 0 fully saturated rings. The lowest BCUT2D eigenvalue weighted by Gasteiger charge is -2.27. The highest BCUT2D eigenvalue weighted by molar-refractivity contribution is 7.51. The number of rotatable bonds is 6. The van der Waals surface area contributed by atoms with Gasteiger partial charge >= 0.3 is 7.75 Å². The molecule has 0 saturated carbocycles. The molecular weight excluding hydrogens is 201 g/mol. The smallest absolute Gasteiger partial charge is 0.300 e. The third kappa shape index (κ3) is 3.39. The van der Waals surface area contributed by atoms with Gasteiger partial charge in [0.05, 0.1) is 0 Å².